The average Bonchev–Trinajstić information content (AvgIpc) is 3.14. The smallest absolute Gasteiger partial charge is 0.269 e. The summed E-state index contributed by atoms with van der Waals surface area (Å²) in [7, 11) is 3.26. The van der Waals surface area contributed by atoms with Crippen molar-refractivity contribution < 1.29 is 14.5 Å². The van der Waals surface area contributed by atoms with Gasteiger partial charge in [-0.25, -0.2) is 0 Å². The van der Waals surface area contributed by atoms with Crippen LogP contribution in [0.3, 0.4) is 0 Å². The molecule has 2 aromatic rings. The number of likely N-dealkylation sites (N-methyl/N-ethyl adjacent to an activating group) is 2. The van der Waals surface area contributed by atoms with Gasteiger partial charge in [0.1, 0.15) is 0 Å². The second-order valence-electron chi connectivity index (χ2n) is 7.66. The van der Waals surface area contributed by atoms with E-state index in [4.69, 9.17) is 5.73 Å². The molecule has 2 heterocycles. The molecule has 1 saturated heterocycles. The fourth-order valence-corrected chi connectivity index (χ4v) is 5.16. The van der Waals surface area contributed by atoms with Crippen LogP contribution >= 0.6 is 0 Å². The minimum atomic E-state index is -1.96. The maximum Gasteiger partial charge on any atom is 0.269 e. The Bertz CT molecular complexity index is 1140. The zero-order valence-electron chi connectivity index (χ0n) is 16.4. The van der Waals surface area contributed by atoms with Gasteiger partial charge >= 0.3 is 0 Å². The molecule has 9 nitrogen and oxygen atoms in total. The largest absolute Gasteiger partial charge is 0.368 e. The number of fused-ring (bicyclic) bond motifs is 2. The number of hydrogen-bond donors (Lipinski definition) is 1. The number of non-ortho nitro benzene ring substituents is 1. The lowest BCUT2D eigenvalue weighted by Crippen LogP contribution is -2.61. The monoisotopic (exact) mass is 405 g/mol. The lowest BCUT2D eigenvalue weighted by molar-refractivity contribution is -0.384. The van der Waals surface area contributed by atoms with Crippen LogP contribution in [0.1, 0.15) is 17.0 Å². The fraction of sp³-hybridized carbons (Fsp3) is 0.286. The van der Waals surface area contributed by atoms with Crippen LogP contribution in [-0.4, -0.2) is 42.3 Å². The Balaban J connectivity index is 2.04. The summed E-state index contributed by atoms with van der Waals surface area (Å²) in [5.41, 5.74) is 3.62. The number of primary amides is 1. The van der Waals surface area contributed by atoms with E-state index in [1.807, 2.05) is 0 Å². The van der Waals surface area contributed by atoms with Crippen molar-refractivity contribution in [2.75, 3.05) is 25.5 Å². The zero-order valence-corrected chi connectivity index (χ0v) is 16.4. The van der Waals surface area contributed by atoms with E-state index in [0.717, 1.165) is 0 Å². The maximum absolute atomic E-state index is 13.6. The zero-order chi connectivity index (χ0) is 21.8. The molecule has 2 aliphatic rings. The minimum absolute atomic E-state index is 0.144. The van der Waals surface area contributed by atoms with Crippen LogP contribution in [-0.2, 0) is 15.1 Å². The van der Waals surface area contributed by atoms with Crippen LogP contribution in [0.5, 0.6) is 0 Å². The predicted molar refractivity (Wildman–Crippen MR) is 107 cm³/mol. The number of benzene rings is 2. The number of nitriles is 1. The summed E-state index contributed by atoms with van der Waals surface area (Å²) in [4.78, 5) is 40.5. The first-order valence-electron chi connectivity index (χ1n) is 9.28. The molecule has 30 heavy (non-hydrogen) atoms. The van der Waals surface area contributed by atoms with E-state index in [9.17, 15) is 25.0 Å². The standard InChI is InChI=1S/C21H19N5O4/c1-24-11-16(13-6-5-7-14(10-13)26(29)30)20(12-22,18(23)27)21(24)15-8-3-4-9-17(15)25(2)19(21)28/h3-10,16H,11H2,1-2H3,(H2,23,27). The molecule has 2 N–H and O–H groups in total. The summed E-state index contributed by atoms with van der Waals surface area (Å²) in [6.07, 6.45) is 0. The van der Waals surface area contributed by atoms with Crippen molar-refractivity contribution in [3.8, 4) is 6.07 Å². The van der Waals surface area contributed by atoms with E-state index in [-0.39, 0.29) is 12.2 Å². The Morgan fingerprint density at radius 1 is 1.27 bits per heavy atom. The lowest BCUT2D eigenvalue weighted by atomic mass is 9.61. The Hall–Kier alpha value is -3.77. The molecule has 0 saturated carbocycles. The topological polar surface area (TPSA) is 134 Å². The molecule has 0 bridgehead atoms. The highest BCUT2D eigenvalue weighted by Gasteiger charge is 2.75. The summed E-state index contributed by atoms with van der Waals surface area (Å²) in [5, 5.41) is 21.7. The highest BCUT2D eigenvalue weighted by Crippen LogP contribution is 2.62. The second kappa shape index (κ2) is 6.37. The van der Waals surface area contributed by atoms with Crippen LogP contribution < -0.4 is 10.6 Å². The first kappa shape index (κ1) is 19.5. The number of nitro groups is 1. The predicted octanol–water partition coefficient (Wildman–Crippen LogP) is 1.49. The lowest BCUT2D eigenvalue weighted by Gasteiger charge is -2.40. The van der Waals surface area contributed by atoms with Gasteiger partial charge in [0.25, 0.3) is 11.6 Å². The van der Waals surface area contributed by atoms with Gasteiger partial charge < -0.3 is 10.6 Å². The van der Waals surface area contributed by atoms with Gasteiger partial charge in [-0.15, -0.1) is 0 Å². The number of likely N-dealkylation sites (tertiary alicyclic amines) is 1. The molecule has 9 heteroatoms. The van der Waals surface area contributed by atoms with E-state index in [1.54, 1.807) is 49.3 Å². The van der Waals surface area contributed by atoms with Gasteiger partial charge in [0.2, 0.25) is 5.91 Å². The van der Waals surface area contributed by atoms with E-state index < -0.39 is 33.6 Å². The summed E-state index contributed by atoms with van der Waals surface area (Å²) in [6, 6.07) is 14.9. The molecular weight excluding hydrogens is 386 g/mol. The van der Waals surface area contributed by atoms with Crippen LogP contribution in [0, 0.1) is 26.9 Å². The summed E-state index contributed by atoms with van der Waals surface area (Å²) < 4.78 is 0. The normalized spacial score (nSPS) is 27.8. The van der Waals surface area contributed by atoms with E-state index in [2.05, 4.69) is 6.07 Å². The molecule has 152 valence electrons. The van der Waals surface area contributed by atoms with E-state index in [1.165, 1.54) is 23.1 Å². The highest BCUT2D eigenvalue weighted by molar-refractivity contribution is 6.12. The molecule has 2 amide bonds. The summed E-state index contributed by atoms with van der Waals surface area (Å²) in [5.74, 6) is -2.21. The van der Waals surface area contributed by atoms with Crippen LogP contribution in [0.4, 0.5) is 11.4 Å². The van der Waals surface area contributed by atoms with Crippen LogP contribution in [0.15, 0.2) is 48.5 Å². The number of amides is 2. The Kier molecular flexibility index (Phi) is 4.15. The molecule has 1 fully saturated rings. The van der Waals surface area contributed by atoms with Crippen LogP contribution in [0.2, 0.25) is 0 Å². The number of anilines is 1. The van der Waals surface area contributed by atoms with Crippen molar-refractivity contribution in [2.45, 2.75) is 11.5 Å². The number of carbonyl (C=O) groups is 2. The number of hydrogen-bond acceptors (Lipinski definition) is 6. The highest BCUT2D eigenvalue weighted by atomic mass is 16.6. The average molecular weight is 405 g/mol. The molecule has 0 aliphatic carbocycles. The molecule has 0 aromatic heterocycles. The molecule has 4 rings (SSSR count). The molecule has 2 aliphatic heterocycles. The quantitative estimate of drug-likeness (QED) is 0.607. The van der Waals surface area contributed by atoms with Gasteiger partial charge in [0.15, 0.2) is 11.0 Å². The van der Waals surface area contributed by atoms with Crippen LogP contribution in [0.25, 0.3) is 0 Å². The molecule has 2 aromatic carbocycles. The third kappa shape index (κ3) is 2.08. The molecule has 3 atom stereocenters. The van der Waals surface area contributed by atoms with E-state index >= 15 is 0 Å². The molecule has 0 radical (unpaired) electrons. The third-order valence-electron chi connectivity index (χ3n) is 6.44. The van der Waals surface area contributed by atoms with Crippen molar-refractivity contribution in [3.63, 3.8) is 0 Å². The van der Waals surface area contributed by atoms with Gasteiger partial charge in [0, 0.05) is 42.9 Å². The first-order chi connectivity index (χ1) is 14.2. The van der Waals surface area contributed by atoms with Crippen molar-refractivity contribution >= 4 is 23.2 Å². The molecule has 1 spiro atoms. The Morgan fingerprint density at radius 2 is 1.97 bits per heavy atom. The number of nitrogens with zero attached hydrogens (tertiary/aromatic N) is 4. The summed E-state index contributed by atoms with van der Waals surface area (Å²) >= 11 is 0. The maximum atomic E-state index is 13.6. The first-order valence-corrected chi connectivity index (χ1v) is 9.28. The van der Waals surface area contributed by atoms with Crippen molar-refractivity contribution in [3.05, 3.63) is 69.8 Å². The van der Waals surface area contributed by atoms with Gasteiger partial charge in [-0.3, -0.25) is 24.6 Å². The molecular formula is C21H19N5O4. The minimum Gasteiger partial charge on any atom is -0.368 e. The number of nitrogens with two attached hydrogens (primary N) is 1. The Labute approximate surface area is 172 Å². The summed E-state index contributed by atoms with van der Waals surface area (Å²) in [6.45, 7) is 0.144. The van der Waals surface area contributed by atoms with Crippen molar-refractivity contribution in [2.24, 2.45) is 11.1 Å². The number of rotatable bonds is 3. The van der Waals surface area contributed by atoms with E-state index in [0.29, 0.717) is 16.8 Å². The fourth-order valence-electron chi connectivity index (χ4n) is 5.16. The second-order valence-corrected chi connectivity index (χ2v) is 7.66. The number of nitro benzene ring substituents is 1. The van der Waals surface area contributed by atoms with Crippen molar-refractivity contribution in [1.29, 1.82) is 5.26 Å². The number of para-hydroxylation sites is 1. The Morgan fingerprint density at radius 3 is 2.60 bits per heavy atom. The van der Waals surface area contributed by atoms with Gasteiger partial charge in [0.05, 0.1) is 11.0 Å². The van der Waals surface area contributed by atoms with Gasteiger partial charge in [-0.2, -0.15) is 5.26 Å². The van der Waals surface area contributed by atoms with Gasteiger partial charge in [-0.05, 0) is 18.7 Å². The van der Waals surface area contributed by atoms with Crippen molar-refractivity contribution in [1.82, 2.24) is 4.90 Å². The third-order valence-corrected chi connectivity index (χ3v) is 6.44. The number of carbonyl (C=O) groups excluding carboxylic acids is 2. The SMILES string of the molecule is CN1C(=O)C2(c3ccccc31)N(C)CC(c1cccc([N+](=O)[O-])c1)C2(C#N)C(N)=O. The van der Waals surface area contributed by atoms with Gasteiger partial charge in [-0.1, -0.05) is 30.3 Å². The molecule has 3 unspecified atom stereocenters.